The summed E-state index contributed by atoms with van der Waals surface area (Å²) >= 11 is 0. The molecule has 2 aliphatic heterocycles. The Hall–Kier alpha value is -0.810. The Bertz CT molecular complexity index is 282. The average molecular weight is 254 g/mol. The Morgan fingerprint density at radius 2 is 2.33 bits per heavy atom. The fraction of sp³-hybridized carbons (Fsp3) is 0.923. The molecule has 2 saturated heterocycles. The largest absolute Gasteiger partial charge is 0.373 e. The van der Waals surface area contributed by atoms with E-state index in [9.17, 15) is 0 Å². The summed E-state index contributed by atoms with van der Waals surface area (Å²) in [6, 6.07) is 0.679. The highest BCUT2D eigenvalue weighted by atomic mass is 16.5. The van der Waals surface area contributed by atoms with E-state index in [-0.39, 0.29) is 0 Å². The third-order valence-corrected chi connectivity index (χ3v) is 3.72. The molecule has 5 nitrogen and oxygen atoms in total. The van der Waals surface area contributed by atoms with Crippen LogP contribution >= 0.6 is 0 Å². The zero-order chi connectivity index (χ0) is 12.8. The highest BCUT2D eigenvalue weighted by Gasteiger charge is 2.31. The minimum Gasteiger partial charge on any atom is -0.373 e. The van der Waals surface area contributed by atoms with Crippen LogP contribution in [0.2, 0.25) is 0 Å². The van der Waals surface area contributed by atoms with Crippen LogP contribution in [0.15, 0.2) is 4.99 Å². The third kappa shape index (κ3) is 3.59. The molecule has 0 bridgehead atoms. The lowest BCUT2D eigenvalue weighted by atomic mass is 10.2. The number of hydrogen-bond acceptors (Lipinski definition) is 3. The maximum atomic E-state index is 5.90. The van der Waals surface area contributed by atoms with Crippen molar-refractivity contribution in [1.29, 1.82) is 0 Å². The molecule has 0 radical (unpaired) electrons. The van der Waals surface area contributed by atoms with Crippen LogP contribution in [0.5, 0.6) is 0 Å². The molecule has 104 valence electrons. The van der Waals surface area contributed by atoms with E-state index in [0.717, 1.165) is 38.6 Å². The van der Waals surface area contributed by atoms with Gasteiger partial charge in [0.1, 0.15) is 0 Å². The van der Waals surface area contributed by atoms with E-state index in [1.165, 1.54) is 19.4 Å². The van der Waals surface area contributed by atoms with Gasteiger partial charge < -0.3 is 15.4 Å². The summed E-state index contributed by atoms with van der Waals surface area (Å²) in [5.41, 5.74) is 0. The van der Waals surface area contributed by atoms with E-state index in [1.807, 2.05) is 7.05 Å². The summed E-state index contributed by atoms with van der Waals surface area (Å²) in [4.78, 5) is 6.77. The van der Waals surface area contributed by atoms with Crippen molar-refractivity contribution in [3.63, 3.8) is 0 Å². The van der Waals surface area contributed by atoms with Gasteiger partial charge in [-0.2, -0.15) is 0 Å². The number of morpholine rings is 1. The van der Waals surface area contributed by atoms with Gasteiger partial charge in [0.05, 0.1) is 12.7 Å². The number of rotatable bonds is 4. The number of nitrogens with zero attached hydrogens (tertiary/aromatic N) is 2. The lowest BCUT2D eigenvalue weighted by Crippen LogP contribution is -2.51. The summed E-state index contributed by atoms with van der Waals surface area (Å²) in [6.07, 6.45) is 4.03. The van der Waals surface area contributed by atoms with Gasteiger partial charge in [-0.1, -0.05) is 6.92 Å². The Kier molecular flexibility index (Phi) is 5.26. The molecule has 2 heterocycles. The Morgan fingerprint density at radius 1 is 1.44 bits per heavy atom. The molecule has 0 saturated carbocycles. The maximum absolute atomic E-state index is 5.90. The van der Waals surface area contributed by atoms with Gasteiger partial charge in [0.2, 0.25) is 0 Å². The molecule has 2 fully saturated rings. The molecule has 2 unspecified atom stereocenters. The quantitative estimate of drug-likeness (QED) is 0.564. The van der Waals surface area contributed by atoms with Gasteiger partial charge in [0.25, 0.3) is 0 Å². The fourth-order valence-electron chi connectivity index (χ4n) is 2.68. The van der Waals surface area contributed by atoms with Gasteiger partial charge in [-0.3, -0.25) is 9.89 Å². The lowest BCUT2D eigenvalue weighted by Gasteiger charge is -2.35. The van der Waals surface area contributed by atoms with Crippen LogP contribution in [-0.2, 0) is 4.74 Å². The van der Waals surface area contributed by atoms with Gasteiger partial charge >= 0.3 is 0 Å². The second kappa shape index (κ2) is 6.95. The number of ether oxygens (including phenoxy) is 1. The molecule has 0 aliphatic carbocycles. The molecule has 0 aromatic carbocycles. The lowest BCUT2D eigenvalue weighted by molar-refractivity contribution is -0.0453. The van der Waals surface area contributed by atoms with Crippen molar-refractivity contribution >= 4 is 5.96 Å². The van der Waals surface area contributed by atoms with Crippen LogP contribution < -0.4 is 10.6 Å². The van der Waals surface area contributed by atoms with Crippen LogP contribution in [0.4, 0.5) is 0 Å². The van der Waals surface area contributed by atoms with Gasteiger partial charge in [0, 0.05) is 32.7 Å². The number of guanidine groups is 1. The number of hydrogen-bond donors (Lipinski definition) is 2. The van der Waals surface area contributed by atoms with Crippen molar-refractivity contribution in [2.45, 2.75) is 38.3 Å². The van der Waals surface area contributed by atoms with Crippen molar-refractivity contribution in [3.8, 4) is 0 Å². The van der Waals surface area contributed by atoms with Crippen LogP contribution in [0.1, 0.15) is 26.2 Å². The highest BCUT2D eigenvalue weighted by Crippen LogP contribution is 2.22. The maximum Gasteiger partial charge on any atom is 0.191 e. The molecule has 2 aliphatic rings. The van der Waals surface area contributed by atoms with E-state index >= 15 is 0 Å². The van der Waals surface area contributed by atoms with Crippen molar-refractivity contribution in [3.05, 3.63) is 0 Å². The van der Waals surface area contributed by atoms with E-state index in [0.29, 0.717) is 12.1 Å². The summed E-state index contributed by atoms with van der Waals surface area (Å²) in [6.45, 7) is 7.15. The van der Waals surface area contributed by atoms with Crippen LogP contribution in [-0.4, -0.2) is 62.8 Å². The normalized spacial score (nSPS) is 29.1. The van der Waals surface area contributed by atoms with E-state index < -0.39 is 0 Å². The number of fused-ring (bicyclic) bond motifs is 1. The van der Waals surface area contributed by atoms with Crippen molar-refractivity contribution in [2.24, 2.45) is 4.99 Å². The first-order valence-corrected chi connectivity index (χ1v) is 7.13. The van der Waals surface area contributed by atoms with Crippen molar-refractivity contribution in [1.82, 2.24) is 15.5 Å². The first kappa shape index (κ1) is 13.6. The number of nitrogens with one attached hydrogen (secondary N) is 2. The molecule has 2 rings (SSSR count). The van der Waals surface area contributed by atoms with Crippen LogP contribution in [0.25, 0.3) is 0 Å². The summed E-state index contributed by atoms with van der Waals surface area (Å²) < 4.78 is 5.90. The molecule has 0 aromatic heterocycles. The van der Waals surface area contributed by atoms with Crippen molar-refractivity contribution < 1.29 is 4.74 Å². The molecule has 0 aromatic rings. The molecular weight excluding hydrogens is 228 g/mol. The van der Waals surface area contributed by atoms with E-state index in [1.54, 1.807) is 0 Å². The monoisotopic (exact) mass is 254 g/mol. The zero-order valence-electron chi connectivity index (χ0n) is 11.6. The standard InChI is InChI=1S/C13H26N4O/c1-3-6-15-13(14-2)16-8-12-9-17-7-4-5-11(17)10-18-12/h11-12H,3-10H2,1-2H3,(H2,14,15,16). The van der Waals surface area contributed by atoms with Crippen LogP contribution in [0, 0.1) is 0 Å². The smallest absolute Gasteiger partial charge is 0.191 e. The average Bonchev–Trinajstić information content (AvgIpc) is 2.86. The predicted octanol–water partition coefficient (Wildman–Crippen LogP) is 0.425. The molecule has 0 amide bonds. The first-order chi connectivity index (χ1) is 8.83. The number of aliphatic imine (C=N–C) groups is 1. The van der Waals surface area contributed by atoms with E-state index in [4.69, 9.17) is 4.74 Å². The Balaban J connectivity index is 1.70. The third-order valence-electron chi connectivity index (χ3n) is 3.72. The summed E-state index contributed by atoms with van der Waals surface area (Å²) in [7, 11) is 1.81. The second-order valence-electron chi connectivity index (χ2n) is 5.13. The topological polar surface area (TPSA) is 48.9 Å². The molecule has 2 atom stereocenters. The SMILES string of the molecule is CCCNC(=NC)NCC1CN2CCCC2CO1. The van der Waals surface area contributed by atoms with Gasteiger partial charge in [-0.05, 0) is 25.8 Å². The minimum atomic E-state index is 0.291. The highest BCUT2D eigenvalue weighted by molar-refractivity contribution is 5.79. The fourth-order valence-corrected chi connectivity index (χ4v) is 2.68. The molecule has 2 N–H and O–H groups in total. The Labute approximate surface area is 110 Å². The van der Waals surface area contributed by atoms with E-state index in [2.05, 4.69) is 27.4 Å². The van der Waals surface area contributed by atoms with Crippen LogP contribution in [0.3, 0.4) is 0 Å². The first-order valence-electron chi connectivity index (χ1n) is 7.13. The van der Waals surface area contributed by atoms with Gasteiger partial charge in [0.15, 0.2) is 5.96 Å². The van der Waals surface area contributed by atoms with Crippen molar-refractivity contribution in [2.75, 3.05) is 39.8 Å². The summed E-state index contributed by atoms with van der Waals surface area (Å²) in [5, 5.41) is 6.62. The van der Waals surface area contributed by atoms with Gasteiger partial charge in [-0.25, -0.2) is 0 Å². The molecule has 18 heavy (non-hydrogen) atoms. The zero-order valence-corrected chi connectivity index (χ0v) is 11.6. The van der Waals surface area contributed by atoms with Gasteiger partial charge in [-0.15, -0.1) is 0 Å². The Morgan fingerprint density at radius 3 is 3.11 bits per heavy atom. The predicted molar refractivity (Wildman–Crippen MR) is 74.0 cm³/mol. The summed E-state index contributed by atoms with van der Waals surface area (Å²) in [5.74, 6) is 0.879. The second-order valence-corrected chi connectivity index (χ2v) is 5.13. The molecule has 5 heteroatoms. The molecule has 0 spiro atoms. The minimum absolute atomic E-state index is 0.291. The molecular formula is C13H26N4O.